The van der Waals surface area contributed by atoms with Crippen molar-refractivity contribution in [3.8, 4) is 5.75 Å². The highest BCUT2D eigenvalue weighted by atomic mass is 79.9. The minimum Gasteiger partial charge on any atom is -0.486 e. The molecule has 2 aromatic carbocycles. The van der Waals surface area contributed by atoms with Crippen molar-refractivity contribution in [2.24, 2.45) is 0 Å². The molecule has 18 heavy (non-hydrogen) atoms. The van der Waals surface area contributed by atoms with Gasteiger partial charge in [0, 0.05) is 10.0 Å². The van der Waals surface area contributed by atoms with Crippen molar-refractivity contribution in [1.29, 1.82) is 0 Å². The van der Waals surface area contributed by atoms with E-state index in [1.165, 1.54) is 18.2 Å². The maximum Gasteiger partial charge on any atom is 0.183 e. The van der Waals surface area contributed by atoms with Crippen molar-refractivity contribution < 1.29 is 13.5 Å². The molecule has 0 radical (unpaired) electrons. The molecule has 0 spiro atoms. The van der Waals surface area contributed by atoms with E-state index in [0.29, 0.717) is 10.0 Å². The Bertz CT molecular complexity index is 575. The molecule has 0 atom stereocenters. The van der Waals surface area contributed by atoms with E-state index >= 15 is 0 Å². The lowest BCUT2D eigenvalue weighted by Gasteiger charge is -2.08. The number of benzene rings is 2. The van der Waals surface area contributed by atoms with Crippen molar-refractivity contribution in [2.45, 2.75) is 6.61 Å². The highest BCUT2D eigenvalue weighted by molar-refractivity contribution is 9.10. The van der Waals surface area contributed by atoms with Crippen LogP contribution >= 0.6 is 27.5 Å². The quantitative estimate of drug-likeness (QED) is 0.771. The van der Waals surface area contributed by atoms with Gasteiger partial charge in [-0.1, -0.05) is 39.7 Å². The molecule has 0 amide bonds. The molecular weight excluding hydrogens is 325 g/mol. The third kappa shape index (κ3) is 3.00. The van der Waals surface area contributed by atoms with Gasteiger partial charge >= 0.3 is 0 Å². The van der Waals surface area contributed by atoms with Crippen LogP contribution in [0.5, 0.6) is 5.75 Å². The van der Waals surface area contributed by atoms with Gasteiger partial charge in [-0.25, -0.2) is 8.78 Å². The third-order valence-electron chi connectivity index (χ3n) is 2.31. The first-order chi connectivity index (χ1) is 8.58. The van der Waals surface area contributed by atoms with Crippen molar-refractivity contribution in [3.05, 3.63) is 63.1 Å². The van der Waals surface area contributed by atoms with E-state index in [9.17, 15) is 8.78 Å². The first kappa shape index (κ1) is 13.3. The lowest BCUT2D eigenvalue weighted by molar-refractivity contribution is 0.285. The van der Waals surface area contributed by atoms with Crippen molar-refractivity contribution in [3.63, 3.8) is 0 Å². The topological polar surface area (TPSA) is 9.23 Å². The van der Waals surface area contributed by atoms with Gasteiger partial charge in [0.05, 0.1) is 5.02 Å². The first-order valence-corrected chi connectivity index (χ1v) is 6.26. The summed E-state index contributed by atoms with van der Waals surface area (Å²) in [6, 6.07) is 9.02. The van der Waals surface area contributed by atoms with Crippen molar-refractivity contribution in [1.82, 2.24) is 0 Å². The molecular formula is C13H8BrClF2O. The Balaban J connectivity index is 2.14. The average Bonchev–Trinajstić information content (AvgIpc) is 2.33. The Morgan fingerprint density at radius 2 is 1.94 bits per heavy atom. The monoisotopic (exact) mass is 332 g/mol. The van der Waals surface area contributed by atoms with Gasteiger partial charge in [0.2, 0.25) is 0 Å². The fourth-order valence-electron chi connectivity index (χ4n) is 1.39. The van der Waals surface area contributed by atoms with Crippen LogP contribution in [0, 0.1) is 11.6 Å². The summed E-state index contributed by atoms with van der Waals surface area (Å²) in [7, 11) is 0. The van der Waals surface area contributed by atoms with Crippen LogP contribution < -0.4 is 4.74 Å². The van der Waals surface area contributed by atoms with E-state index in [4.69, 9.17) is 16.3 Å². The minimum absolute atomic E-state index is 0.00446. The Kier molecular flexibility index (Phi) is 4.19. The molecule has 0 aliphatic heterocycles. The maximum absolute atomic E-state index is 13.5. The van der Waals surface area contributed by atoms with Gasteiger partial charge in [0.15, 0.2) is 11.6 Å². The van der Waals surface area contributed by atoms with Crippen LogP contribution in [0.1, 0.15) is 5.56 Å². The summed E-state index contributed by atoms with van der Waals surface area (Å²) in [5.41, 5.74) is 0.345. The molecule has 0 aliphatic rings. The van der Waals surface area contributed by atoms with Crippen LogP contribution in [-0.2, 0) is 6.61 Å². The standard InChI is InChI=1S/C13H8BrClF2O/c14-9-5-4-8(11(16)6-9)7-18-12-3-1-2-10(15)13(12)17/h1-6H,7H2. The van der Waals surface area contributed by atoms with Crippen molar-refractivity contribution in [2.75, 3.05) is 0 Å². The summed E-state index contributed by atoms with van der Waals surface area (Å²) in [4.78, 5) is 0. The van der Waals surface area contributed by atoms with Crippen LogP contribution in [0.2, 0.25) is 5.02 Å². The second-order valence-corrected chi connectivity index (χ2v) is 4.90. The number of halogens is 4. The normalized spacial score (nSPS) is 10.4. The summed E-state index contributed by atoms with van der Waals surface area (Å²) >= 11 is 8.77. The molecule has 0 aliphatic carbocycles. The Labute approximate surface area is 116 Å². The van der Waals surface area contributed by atoms with Gasteiger partial charge in [-0.2, -0.15) is 0 Å². The third-order valence-corrected chi connectivity index (χ3v) is 3.10. The van der Waals surface area contributed by atoms with Crippen LogP contribution in [-0.4, -0.2) is 0 Å². The molecule has 0 N–H and O–H groups in total. The summed E-state index contributed by atoms with van der Waals surface area (Å²) in [5.74, 6) is -1.05. The van der Waals surface area contributed by atoms with Gasteiger partial charge in [-0.15, -0.1) is 0 Å². The van der Waals surface area contributed by atoms with Crippen LogP contribution in [0.15, 0.2) is 40.9 Å². The highest BCUT2D eigenvalue weighted by Gasteiger charge is 2.09. The lowest BCUT2D eigenvalue weighted by Crippen LogP contribution is -2.00. The molecule has 0 saturated carbocycles. The van der Waals surface area contributed by atoms with Gasteiger partial charge in [-0.05, 0) is 24.3 Å². The molecule has 0 fully saturated rings. The maximum atomic E-state index is 13.5. The van der Waals surface area contributed by atoms with Gasteiger partial charge in [-0.3, -0.25) is 0 Å². The summed E-state index contributed by atoms with van der Waals surface area (Å²) in [6.07, 6.45) is 0. The summed E-state index contributed by atoms with van der Waals surface area (Å²) in [6.45, 7) is -0.0592. The molecule has 94 valence electrons. The second kappa shape index (κ2) is 5.67. The minimum atomic E-state index is -0.642. The first-order valence-electron chi connectivity index (χ1n) is 5.08. The average molecular weight is 334 g/mol. The summed E-state index contributed by atoms with van der Waals surface area (Å²) < 4.78 is 32.9. The lowest BCUT2D eigenvalue weighted by atomic mass is 10.2. The van der Waals surface area contributed by atoms with Crippen LogP contribution in [0.4, 0.5) is 8.78 Å². The van der Waals surface area contributed by atoms with Gasteiger partial charge in [0.25, 0.3) is 0 Å². The fourth-order valence-corrected chi connectivity index (χ4v) is 1.89. The second-order valence-electron chi connectivity index (χ2n) is 3.58. The van der Waals surface area contributed by atoms with E-state index < -0.39 is 11.6 Å². The molecule has 5 heteroatoms. The summed E-state index contributed by atoms with van der Waals surface area (Å²) in [5, 5.41) is -0.0243. The number of hydrogen-bond acceptors (Lipinski definition) is 1. The Morgan fingerprint density at radius 3 is 2.67 bits per heavy atom. The Morgan fingerprint density at radius 1 is 1.17 bits per heavy atom. The van der Waals surface area contributed by atoms with E-state index in [0.717, 1.165) is 0 Å². The molecule has 2 aromatic rings. The van der Waals surface area contributed by atoms with E-state index in [1.54, 1.807) is 18.2 Å². The fraction of sp³-hybridized carbons (Fsp3) is 0.0769. The van der Waals surface area contributed by atoms with Gasteiger partial charge in [0.1, 0.15) is 12.4 Å². The molecule has 0 saturated heterocycles. The molecule has 0 heterocycles. The zero-order valence-corrected chi connectivity index (χ0v) is 11.4. The number of ether oxygens (including phenoxy) is 1. The molecule has 2 rings (SSSR count). The van der Waals surface area contributed by atoms with Crippen LogP contribution in [0.3, 0.4) is 0 Å². The molecule has 1 nitrogen and oxygen atoms in total. The zero-order valence-electron chi connectivity index (χ0n) is 9.09. The highest BCUT2D eigenvalue weighted by Crippen LogP contribution is 2.25. The molecule has 0 unspecified atom stereocenters. The smallest absolute Gasteiger partial charge is 0.183 e. The molecule has 0 bridgehead atoms. The van der Waals surface area contributed by atoms with Crippen molar-refractivity contribution >= 4 is 27.5 Å². The Hall–Kier alpha value is -1.13. The van der Waals surface area contributed by atoms with E-state index in [1.807, 2.05) is 0 Å². The van der Waals surface area contributed by atoms with Gasteiger partial charge < -0.3 is 4.74 Å². The van der Waals surface area contributed by atoms with E-state index in [2.05, 4.69) is 15.9 Å². The number of rotatable bonds is 3. The van der Waals surface area contributed by atoms with E-state index in [-0.39, 0.29) is 17.4 Å². The predicted octanol–water partition coefficient (Wildman–Crippen LogP) is 4.96. The molecule has 0 aromatic heterocycles. The van der Waals surface area contributed by atoms with Crippen LogP contribution in [0.25, 0.3) is 0 Å². The SMILES string of the molecule is Fc1cc(Br)ccc1COc1cccc(Cl)c1F. The largest absolute Gasteiger partial charge is 0.486 e. The predicted molar refractivity (Wildman–Crippen MR) is 69.8 cm³/mol. The number of hydrogen-bond donors (Lipinski definition) is 0. The zero-order chi connectivity index (χ0) is 13.1.